The largest absolute Gasteiger partial charge is 0.480 e. The maximum atomic E-state index is 12.4. The normalized spacial score (nSPS) is 18.9. The average Bonchev–Trinajstić information content (AvgIpc) is 2.80. The van der Waals surface area contributed by atoms with Gasteiger partial charge in [-0.3, -0.25) is 14.9 Å². The first kappa shape index (κ1) is 14.4. The van der Waals surface area contributed by atoms with Crippen molar-refractivity contribution in [1.29, 1.82) is 0 Å². The Morgan fingerprint density at radius 2 is 2.20 bits per heavy atom. The van der Waals surface area contributed by atoms with Crippen LogP contribution < -0.4 is 0 Å². The Labute approximate surface area is 119 Å². The zero-order chi connectivity index (χ0) is 14.9. The molecule has 8 heteroatoms. The van der Waals surface area contributed by atoms with Gasteiger partial charge in [0.1, 0.15) is 6.04 Å². The first-order valence-corrected chi connectivity index (χ1v) is 7.02. The number of nitrogens with zero attached hydrogens (tertiary/aromatic N) is 2. The molecule has 1 N–H and O–H groups in total. The summed E-state index contributed by atoms with van der Waals surface area (Å²) in [6.45, 7) is 1.95. The highest BCUT2D eigenvalue weighted by molar-refractivity contribution is 7.14. The second-order valence-corrected chi connectivity index (χ2v) is 5.91. The van der Waals surface area contributed by atoms with E-state index >= 15 is 0 Å². The van der Waals surface area contributed by atoms with Gasteiger partial charge in [0.25, 0.3) is 11.6 Å². The van der Waals surface area contributed by atoms with Gasteiger partial charge in [0.2, 0.25) is 0 Å². The quantitative estimate of drug-likeness (QED) is 0.679. The van der Waals surface area contributed by atoms with Gasteiger partial charge in [0.05, 0.1) is 14.7 Å². The predicted molar refractivity (Wildman–Crippen MR) is 72.0 cm³/mol. The number of hydrogen-bond acceptors (Lipinski definition) is 5. The summed E-state index contributed by atoms with van der Waals surface area (Å²) in [4.78, 5) is 35.8. The molecule has 7 nitrogen and oxygen atoms in total. The third-order valence-corrected chi connectivity index (χ3v) is 4.38. The Bertz CT molecular complexity index is 568. The van der Waals surface area contributed by atoms with Crippen molar-refractivity contribution in [3.05, 3.63) is 25.9 Å². The van der Waals surface area contributed by atoms with E-state index in [0.29, 0.717) is 17.8 Å². The summed E-state index contributed by atoms with van der Waals surface area (Å²) >= 11 is 1.03. The Balaban J connectivity index is 2.27. The molecule has 1 aliphatic rings. The molecule has 0 aliphatic carbocycles. The van der Waals surface area contributed by atoms with E-state index in [2.05, 4.69) is 0 Å². The molecule has 0 bridgehead atoms. The minimum Gasteiger partial charge on any atom is -0.480 e. The molecule has 108 valence electrons. The van der Waals surface area contributed by atoms with Gasteiger partial charge >= 0.3 is 5.97 Å². The summed E-state index contributed by atoms with van der Waals surface area (Å²) in [5.74, 6) is -1.46. The number of piperidine rings is 1. The van der Waals surface area contributed by atoms with Gasteiger partial charge in [-0.1, -0.05) is 0 Å². The van der Waals surface area contributed by atoms with Crippen LogP contribution in [-0.4, -0.2) is 39.4 Å². The van der Waals surface area contributed by atoms with E-state index in [0.717, 1.165) is 24.2 Å². The summed E-state index contributed by atoms with van der Waals surface area (Å²) in [5, 5.41) is 20.0. The molecule has 1 amide bonds. The molecular formula is C12H14N2O5S. The molecule has 0 spiro atoms. The van der Waals surface area contributed by atoms with E-state index < -0.39 is 22.8 Å². The number of nitro groups is 1. The molecule has 1 fully saturated rings. The number of thiophene rings is 1. The molecule has 1 aliphatic heterocycles. The molecule has 2 rings (SSSR count). The Kier molecular flexibility index (Phi) is 4.03. The minimum absolute atomic E-state index is 0.0952. The lowest BCUT2D eigenvalue weighted by molar-refractivity contribution is -0.385. The fourth-order valence-electron chi connectivity index (χ4n) is 2.33. The Morgan fingerprint density at radius 3 is 2.75 bits per heavy atom. The third kappa shape index (κ3) is 2.64. The van der Waals surface area contributed by atoms with E-state index in [4.69, 9.17) is 5.11 Å². The van der Waals surface area contributed by atoms with Gasteiger partial charge in [-0.15, -0.1) is 11.3 Å². The van der Waals surface area contributed by atoms with Gasteiger partial charge in [-0.2, -0.15) is 0 Å². The highest BCUT2D eigenvalue weighted by atomic mass is 32.1. The number of carbonyl (C=O) groups is 2. The molecule has 0 radical (unpaired) electrons. The minimum atomic E-state index is -1.03. The summed E-state index contributed by atoms with van der Waals surface area (Å²) in [7, 11) is 0. The fourth-order valence-corrected chi connectivity index (χ4v) is 3.28. The van der Waals surface area contributed by atoms with E-state index in [1.165, 1.54) is 11.0 Å². The second-order valence-electron chi connectivity index (χ2n) is 4.66. The van der Waals surface area contributed by atoms with Crippen molar-refractivity contribution >= 4 is 28.9 Å². The molecule has 2 heterocycles. The lowest BCUT2D eigenvalue weighted by Gasteiger charge is -2.32. The first-order chi connectivity index (χ1) is 9.41. The molecule has 20 heavy (non-hydrogen) atoms. The number of carboxylic acids is 1. The highest BCUT2D eigenvalue weighted by Gasteiger charge is 2.34. The van der Waals surface area contributed by atoms with Crippen molar-refractivity contribution in [2.24, 2.45) is 0 Å². The number of aryl methyl sites for hydroxylation is 1. The van der Waals surface area contributed by atoms with Crippen molar-refractivity contribution in [1.82, 2.24) is 4.90 Å². The smallest absolute Gasteiger partial charge is 0.326 e. The molecule has 1 unspecified atom stereocenters. The number of amides is 1. The number of rotatable bonds is 3. The van der Waals surface area contributed by atoms with Crippen LogP contribution in [0, 0.1) is 17.0 Å². The van der Waals surface area contributed by atoms with Crippen LogP contribution in [0.25, 0.3) is 0 Å². The van der Waals surface area contributed by atoms with Crippen molar-refractivity contribution in [2.75, 3.05) is 6.54 Å². The maximum Gasteiger partial charge on any atom is 0.326 e. The van der Waals surface area contributed by atoms with Crippen LogP contribution in [0.4, 0.5) is 5.69 Å². The van der Waals surface area contributed by atoms with E-state index in [-0.39, 0.29) is 10.6 Å². The van der Waals surface area contributed by atoms with Crippen molar-refractivity contribution in [3.8, 4) is 0 Å². The standard InChI is InChI=1S/C12H14N2O5S/c1-7-9(14(18)19)6-10(20-7)11(15)13-5-3-2-4-8(13)12(16)17/h6,8H,2-5H2,1H3,(H,16,17). The molecule has 0 aromatic carbocycles. The Hall–Kier alpha value is -1.96. The van der Waals surface area contributed by atoms with Crippen molar-refractivity contribution in [3.63, 3.8) is 0 Å². The topological polar surface area (TPSA) is 101 Å². The van der Waals surface area contributed by atoms with E-state index in [9.17, 15) is 19.7 Å². The number of carboxylic acid groups (broad SMARTS) is 1. The molecule has 1 saturated heterocycles. The first-order valence-electron chi connectivity index (χ1n) is 6.20. The molecule has 0 saturated carbocycles. The lowest BCUT2D eigenvalue weighted by Crippen LogP contribution is -2.47. The average molecular weight is 298 g/mol. The summed E-state index contributed by atoms with van der Waals surface area (Å²) in [5.41, 5.74) is -0.0952. The predicted octanol–water partition coefficient (Wildman–Crippen LogP) is 2.04. The van der Waals surface area contributed by atoms with Gasteiger partial charge in [-0.25, -0.2) is 4.79 Å². The molecule has 1 aromatic heterocycles. The van der Waals surface area contributed by atoms with Crippen LogP contribution in [-0.2, 0) is 4.79 Å². The molecular weight excluding hydrogens is 284 g/mol. The second kappa shape index (κ2) is 5.58. The number of hydrogen-bond donors (Lipinski definition) is 1. The van der Waals surface area contributed by atoms with Crippen molar-refractivity contribution in [2.45, 2.75) is 32.2 Å². The van der Waals surface area contributed by atoms with Crippen LogP contribution >= 0.6 is 11.3 Å². The number of carbonyl (C=O) groups excluding carboxylic acids is 1. The van der Waals surface area contributed by atoms with E-state index in [1.54, 1.807) is 6.92 Å². The SMILES string of the molecule is Cc1sc(C(=O)N2CCCCC2C(=O)O)cc1[N+](=O)[O-]. The van der Waals surface area contributed by atoms with Crippen LogP contribution in [0.3, 0.4) is 0 Å². The number of likely N-dealkylation sites (tertiary alicyclic amines) is 1. The zero-order valence-electron chi connectivity index (χ0n) is 10.9. The van der Waals surface area contributed by atoms with Gasteiger partial charge in [0, 0.05) is 12.6 Å². The molecule has 1 atom stereocenters. The summed E-state index contributed by atoms with van der Waals surface area (Å²) < 4.78 is 0. The number of aliphatic carboxylic acids is 1. The summed E-state index contributed by atoms with van der Waals surface area (Å²) in [6.07, 6.45) is 1.94. The van der Waals surface area contributed by atoms with Crippen molar-refractivity contribution < 1.29 is 19.6 Å². The fraction of sp³-hybridized carbons (Fsp3) is 0.500. The van der Waals surface area contributed by atoms with E-state index in [1.807, 2.05) is 0 Å². The highest BCUT2D eigenvalue weighted by Crippen LogP contribution is 2.30. The zero-order valence-corrected chi connectivity index (χ0v) is 11.7. The summed E-state index contributed by atoms with van der Waals surface area (Å²) in [6, 6.07) is 0.397. The Morgan fingerprint density at radius 1 is 1.50 bits per heavy atom. The van der Waals surface area contributed by atoms with Crippen LogP contribution in [0.2, 0.25) is 0 Å². The van der Waals surface area contributed by atoms with Crippen LogP contribution in [0.5, 0.6) is 0 Å². The monoisotopic (exact) mass is 298 g/mol. The van der Waals surface area contributed by atoms with Gasteiger partial charge in [0.15, 0.2) is 0 Å². The lowest BCUT2D eigenvalue weighted by atomic mass is 10.0. The van der Waals surface area contributed by atoms with Crippen LogP contribution in [0.1, 0.15) is 33.8 Å². The van der Waals surface area contributed by atoms with Gasteiger partial charge in [-0.05, 0) is 26.2 Å². The third-order valence-electron chi connectivity index (χ3n) is 3.35. The van der Waals surface area contributed by atoms with Crippen LogP contribution in [0.15, 0.2) is 6.07 Å². The molecule has 1 aromatic rings. The van der Waals surface area contributed by atoms with Gasteiger partial charge < -0.3 is 10.0 Å². The maximum absolute atomic E-state index is 12.4.